The fourth-order valence-electron chi connectivity index (χ4n) is 2.74. The highest BCUT2D eigenvalue weighted by Crippen LogP contribution is 2.30. The quantitative estimate of drug-likeness (QED) is 0.884. The van der Waals surface area contributed by atoms with Crippen molar-refractivity contribution in [2.45, 2.75) is 12.5 Å². The second kappa shape index (κ2) is 6.47. The second-order valence-electron chi connectivity index (χ2n) is 5.88. The van der Waals surface area contributed by atoms with Crippen molar-refractivity contribution in [2.24, 2.45) is 5.16 Å². The first-order chi connectivity index (χ1) is 12.6. The van der Waals surface area contributed by atoms with Crippen molar-refractivity contribution in [3.63, 3.8) is 0 Å². The van der Waals surface area contributed by atoms with Crippen LogP contribution in [-0.2, 0) is 14.4 Å². The monoisotopic (exact) mass is 355 g/mol. The van der Waals surface area contributed by atoms with Gasteiger partial charge in [-0.25, -0.2) is 4.39 Å². The van der Waals surface area contributed by atoms with Crippen molar-refractivity contribution in [3.8, 4) is 5.75 Å². The number of hydrogen-bond acceptors (Lipinski definition) is 5. The summed E-state index contributed by atoms with van der Waals surface area (Å²) in [5.41, 5.74) is 2.06. The molecule has 2 N–H and O–H groups in total. The zero-order valence-corrected chi connectivity index (χ0v) is 13.5. The summed E-state index contributed by atoms with van der Waals surface area (Å²) >= 11 is 0. The summed E-state index contributed by atoms with van der Waals surface area (Å²) in [6.07, 6.45) is -0.574. The van der Waals surface area contributed by atoms with Crippen LogP contribution in [0.3, 0.4) is 0 Å². The Kier molecular flexibility index (Phi) is 4.00. The minimum Gasteiger partial charge on any atom is -0.482 e. The standard InChI is InChI=1S/C18H14FN3O4/c19-11-3-1-2-10(6-11)13-8-16(26-22-13)18(24)20-12-4-5-15-14(7-12)21-17(23)9-25-15/h1-7,16H,8-9H2,(H,20,24)(H,21,23)/t16-/m0/s1. The molecule has 7 nitrogen and oxygen atoms in total. The fraction of sp³-hybridized carbons (Fsp3) is 0.167. The van der Waals surface area contributed by atoms with Crippen molar-refractivity contribution < 1.29 is 23.6 Å². The Balaban J connectivity index is 1.42. The van der Waals surface area contributed by atoms with Gasteiger partial charge in [0.25, 0.3) is 11.8 Å². The normalized spacial score (nSPS) is 18.1. The maximum absolute atomic E-state index is 13.3. The smallest absolute Gasteiger partial charge is 0.268 e. The zero-order valence-electron chi connectivity index (χ0n) is 13.5. The number of ether oxygens (including phenoxy) is 1. The summed E-state index contributed by atoms with van der Waals surface area (Å²) in [4.78, 5) is 28.9. The van der Waals surface area contributed by atoms with Crippen LogP contribution in [0.25, 0.3) is 0 Å². The number of amides is 2. The molecule has 2 aromatic carbocycles. The van der Waals surface area contributed by atoms with E-state index in [1.54, 1.807) is 30.3 Å². The van der Waals surface area contributed by atoms with Gasteiger partial charge in [-0.15, -0.1) is 0 Å². The van der Waals surface area contributed by atoms with Crippen LogP contribution in [0.5, 0.6) is 5.75 Å². The molecule has 1 atom stereocenters. The molecule has 0 unspecified atom stereocenters. The molecule has 8 heteroatoms. The van der Waals surface area contributed by atoms with Crippen molar-refractivity contribution in [2.75, 3.05) is 17.2 Å². The number of nitrogens with zero attached hydrogens (tertiary/aromatic N) is 1. The third-order valence-electron chi connectivity index (χ3n) is 4.00. The van der Waals surface area contributed by atoms with E-state index in [4.69, 9.17) is 9.57 Å². The number of benzene rings is 2. The van der Waals surface area contributed by atoms with E-state index in [0.717, 1.165) is 0 Å². The molecule has 2 heterocycles. The molecule has 2 amide bonds. The molecule has 0 fully saturated rings. The first-order valence-corrected chi connectivity index (χ1v) is 7.95. The van der Waals surface area contributed by atoms with Gasteiger partial charge in [0, 0.05) is 17.7 Å². The van der Waals surface area contributed by atoms with Gasteiger partial charge in [-0.05, 0) is 30.3 Å². The topological polar surface area (TPSA) is 89.0 Å². The van der Waals surface area contributed by atoms with Crippen LogP contribution in [-0.4, -0.2) is 30.2 Å². The Morgan fingerprint density at radius 2 is 2.15 bits per heavy atom. The number of anilines is 2. The maximum atomic E-state index is 13.3. The summed E-state index contributed by atoms with van der Waals surface area (Å²) in [6.45, 7) is -0.0329. The SMILES string of the molecule is O=C1COc2ccc(NC(=O)[C@@H]3CC(c4cccc(F)c4)=NO3)cc2N1. The van der Waals surface area contributed by atoms with Gasteiger partial charge >= 0.3 is 0 Å². The molecular formula is C18H14FN3O4. The Hall–Kier alpha value is -3.42. The summed E-state index contributed by atoms with van der Waals surface area (Å²) in [7, 11) is 0. The van der Waals surface area contributed by atoms with E-state index >= 15 is 0 Å². The number of fused-ring (bicyclic) bond motifs is 1. The first-order valence-electron chi connectivity index (χ1n) is 7.95. The number of nitrogens with one attached hydrogen (secondary N) is 2. The highest BCUT2D eigenvalue weighted by molar-refractivity contribution is 6.06. The Morgan fingerprint density at radius 1 is 1.27 bits per heavy atom. The number of oxime groups is 1. The van der Waals surface area contributed by atoms with Crippen LogP contribution in [0.15, 0.2) is 47.6 Å². The summed E-state index contributed by atoms with van der Waals surface area (Å²) in [6, 6.07) is 10.9. The van der Waals surface area contributed by atoms with Gasteiger partial charge in [0.1, 0.15) is 11.6 Å². The van der Waals surface area contributed by atoms with Gasteiger partial charge < -0.3 is 20.2 Å². The predicted molar refractivity (Wildman–Crippen MR) is 91.6 cm³/mol. The van der Waals surface area contributed by atoms with Crippen LogP contribution >= 0.6 is 0 Å². The molecule has 0 spiro atoms. The van der Waals surface area contributed by atoms with Crippen molar-refractivity contribution in [3.05, 3.63) is 53.8 Å². The van der Waals surface area contributed by atoms with Crippen molar-refractivity contribution in [1.82, 2.24) is 0 Å². The van der Waals surface area contributed by atoms with Crippen LogP contribution in [0.2, 0.25) is 0 Å². The Morgan fingerprint density at radius 3 is 3.00 bits per heavy atom. The fourth-order valence-corrected chi connectivity index (χ4v) is 2.74. The van der Waals surface area contributed by atoms with E-state index < -0.39 is 6.10 Å². The van der Waals surface area contributed by atoms with E-state index in [1.807, 2.05) is 0 Å². The lowest BCUT2D eigenvalue weighted by molar-refractivity contribution is -0.125. The number of halogens is 1. The first kappa shape index (κ1) is 16.1. The molecule has 0 saturated heterocycles. The second-order valence-corrected chi connectivity index (χ2v) is 5.88. The molecule has 0 radical (unpaired) electrons. The Bertz CT molecular complexity index is 928. The number of carbonyl (C=O) groups is 2. The molecule has 2 aromatic rings. The number of hydrogen-bond donors (Lipinski definition) is 2. The van der Waals surface area contributed by atoms with E-state index in [1.165, 1.54) is 12.1 Å². The molecule has 0 saturated carbocycles. The molecule has 26 heavy (non-hydrogen) atoms. The van der Waals surface area contributed by atoms with Crippen LogP contribution < -0.4 is 15.4 Å². The summed E-state index contributed by atoms with van der Waals surface area (Å²) in [5.74, 6) is -0.482. The highest BCUT2D eigenvalue weighted by atomic mass is 19.1. The number of carbonyl (C=O) groups excluding carboxylic acids is 2. The molecule has 0 aliphatic carbocycles. The highest BCUT2D eigenvalue weighted by Gasteiger charge is 2.29. The lowest BCUT2D eigenvalue weighted by Gasteiger charge is -2.19. The minimum absolute atomic E-state index is 0.0329. The van der Waals surface area contributed by atoms with E-state index in [-0.39, 0.29) is 30.7 Å². The van der Waals surface area contributed by atoms with E-state index in [9.17, 15) is 14.0 Å². The Labute approximate surface area is 147 Å². The van der Waals surface area contributed by atoms with Crippen LogP contribution in [0.4, 0.5) is 15.8 Å². The minimum atomic E-state index is -0.810. The van der Waals surface area contributed by atoms with E-state index in [0.29, 0.717) is 28.4 Å². The number of rotatable bonds is 3. The average Bonchev–Trinajstić information content (AvgIpc) is 3.12. The maximum Gasteiger partial charge on any atom is 0.268 e. The summed E-state index contributed by atoms with van der Waals surface area (Å²) < 4.78 is 18.6. The van der Waals surface area contributed by atoms with Gasteiger partial charge in [-0.3, -0.25) is 9.59 Å². The lowest BCUT2D eigenvalue weighted by Crippen LogP contribution is -2.28. The van der Waals surface area contributed by atoms with Gasteiger partial charge in [-0.2, -0.15) is 0 Å². The molecule has 132 valence electrons. The lowest BCUT2D eigenvalue weighted by atomic mass is 10.0. The molecule has 2 aliphatic heterocycles. The molecule has 0 aromatic heterocycles. The van der Waals surface area contributed by atoms with Crippen molar-refractivity contribution >= 4 is 28.9 Å². The van der Waals surface area contributed by atoms with Crippen molar-refractivity contribution in [1.29, 1.82) is 0 Å². The van der Waals surface area contributed by atoms with Crippen LogP contribution in [0.1, 0.15) is 12.0 Å². The largest absolute Gasteiger partial charge is 0.482 e. The molecule has 2 aliphatic rings. The van der Waals surface area contributed by atoms with Crippen LogP contribution in [0, 0.1) is 5.82 Å². The average molecular weight is 355 g/mol. The molecule has 0 bridgehead atoms. The van der Waals surface area contributed by atoms with Gasteiger partial charge in [0.2, 0.25) is 6.10 Å². The molecular weight excluding hydrogens is 341 g/mol. The molecule has 4 rings (SSSR count). The third kappa shape index (κ3) is 3.21. The summed E-state index contributed by atoms with van der Waals surface area (Å²) in [5, 5.41) is 9.27. The van der Waals surface area contributed by atoms with Gasteiger partial charge in [0.05, 0.1) is 11.4 Å². The zero-order chi connectivity index (χ0) is 18.1. The third-order valence-corrected chi connectivity index (χ3v) is 4.00. The predicted octanol–water partition coefficient (Wildman–Crippen LogP) is 2.29. The van der Waals surface area contributed by atoms with E-state index in [2.05, 4.69) is 15.8 Å². The van der Waals surface area contributed by atoms with Gasteiger partial charge in [-0.1, -0.05) is 17.3 Å². The van der Waals surface area contributed by atoms with Gasteiger partial charge in [0.15, 0.2) is 6.61 Å².